The number of carbonyl (C=O) groups is 1. The largest absolute Gasteiger partial charge is 0.359 e. The Morgan fingerprint density at radius 1 is 1.33 bits per heavy atom. The van der Waals surface area contributed by atoms with Gasteiger partial charge in [-0.25, -0.2) is 0 Å². The third-order valence-electron chi connectivity index (χ3n) is 4.24. The van der Waals surface area contributed by atoms with E-state index in [0.717, 1.165) is 45.0 Å². The molecule has 1 amide bonds. The molecule has 0 radical (unpaired) electrons. The molecule has 0 aromatic rings. The molecule has 0 spiro atoms. The van der Waals surface area contributed by atoms with E-state index in [9.17, 15) is 4.79 Å². The number of hydrogen-bond acceptors (Lipinski definition) is 3. The fraction of sp³-hybridized carbons (Fsp3) is 0.778. The fourth-order valence-electron chi connectivity index (χ4n) is 2.82. The van der Waals surface area contributed by atoms with Gasteiger partial charge < -0.3 is 16.0 Å². The first-order chi connectivity index (χ1) is 11.3. The van der Waals surface area contributed by atoms with Gasteiger partial charge in [-0.15, -0.1) is 0 Å². The van der Waals surface area contributed by atoms with E-state index in [1.165, 1.54) is 5.57 Å². The van der Waals surface area contributed by atoms with Crippen molar-refractivity contribution in [2.24, 2.45) is 10.4 Å². The molecule has 0 saturated carbocycles. The number of amides is 1. The van der Waals surface area contributed by atoms with Crippen LogP contribution in [0.1, 0.15) is 40.5 Å². The van der Waals surface area contributed by atoms with Crippen LogP contribution in [-0.4, -0.2) is 62.6 Å². The molecule has 0 atom stereocenters. The van der Waals surface area contributed by atoms with Gasteiger partial charge in [0.25, 0.3) is 0 Å². The summed E-state index contributed by atoms with van der Waals surface area (Å²) < 4.78 is 0. The summed E-state index contributed by atoms with van der Waals surface area (Å²) in [5.41, 5.74) is 0.704. The molecule has 1 fully saturated rings. The van der Waals surface area contributed by atoms with Crippen molar-refractivity contribution >= 4 is 11.9 Å². The first kappa shape index (κ1) is 20.5. The third kappa shape index (κ3) is 6.91. The Kier molecular flexibility index (Phi) is 8.25. The number of piperidine rings is 1. The van der Waals surface area contributed by atoms with Crippen LogP contribution in [0.15, 0.2) is 17.1 Å². The molecular weight excluding hydrogens is 302 g/mol. The van der Waals surface area contributed by atoms with Crippen LogP contribution in [0.2, 0.25) is 0 Å². The number of guanidine groups is 1. The van der Waals surface area contributed by atoms with E-state index < -0.39 is 5.41 Å². The van der Waals surface area contributed by atoms with Crippen LogP contribution in [0.4, 0.5) is 0 Å². The predicted molar refractivity (Wildman–Crippen MR) is 101 cm³/mol. The highest BCUT2D eigenvalue weighted by Crippen LogP contribution is 2.15. The maximum absolute atomic E-state index is 11.9. The number of rotatable bonds is 7. The molecule has 0 aromatic carbocycles. The van der Waals surface area contributed by atoms with E-state index in [4.69, 9.17) is 0 Å². The van der Waals surface area contributed by atoms with E-state index in [1.807, 2.05) is 13.8 Å². The second kappa shape index (κ2) is 9.67. The summed E-state index contributed by atoms with van der Waals surface area (Å²) in [6.45, 7) is 16.3. The molecule has 1 heterocycles. The molecule has 0 aromatic heterocycles. The topological polar surface area (TPSA) is 68.8 Å². The zero-order chi connectivity index (χ0) is 18.2. The first-order valence-corrected chi connectivity index (χ1v) is 8.92. The van der Waals surface area contributed by atoms with Crippen LogP contribution >= 0.6 is 0 Å². The Bertz CT molecular complexity index is 450. The van der Waals surface area contributed by atoms with E-state index in [-0.39, 0.29) is 5.91 Å². The van der Waals surface area contributed by atoms with Crippen LogP contribution in [0, 0.1) is 5.41 Å². The second-order valence-electron chi connectivity index (χ2n) is 7.31. The van der Waals surface area contributed by atoms with E-state index in [1.54, 1.807) is 7.05 Å². The molecule has 6 nitrogen and oxygen atoms in total. The van der Waals surface area contributed by atoms with Crippen LogP contribution in [0.5, 0.6) is 0 Å². The molecule has 1 rings (SSSR count). The minimum absolute atomic E-state index is 0.00945. The summed E-state index contributed by atoms with van der Waals surface area (Å²) >= 11 is 0. The van der Waals surface area contributed by atoms with Crippen molar-refractivity contribution in [2.75, 3.05) is 39.8 Å². The van der Waals surface area contributed by atoms with Gasteiger partial charge >= 0.3 is 0 Å². The number of hydrogen-bond donors (Lipinski definition) is 3. The summed E-state index contributed by atoms with van der Waals surface area (Å²) in [7, 11) is 1.66. The number of carbonyl (C=O) groups excluding carboxylic acids is 1. The van der Waals surface area contributed by atoms with Crippen molar-refractivity contribution in [1.29, 1.82) is 0 Å². The number of aliphatic imine (C=N–C) groups is 1. The average Bonchev–Trinajstić information content (AvgIpc) is 2.53. The van der Waals surface area contributed by atoms with Gasteiger partial charge in [-0.3, -0.25) is 14.7 Å². The van der Waals surface area contributed by atoms with E-state index in [2.05, 4.69) is 46.3 Å². The summed E-state index contributed by atoms with van der Waals surface area (Å²) in [5, 5.41) is 9.50. The van der Waals surface area contributed by atoms with Crippen molar-refractivity contribution < 1.29 is 4.79 Å². The monoisotopic (exact) mass is 337 g/mol. The van der Waals surface area contributed by atoms with E-state index in [0.29, 0.717) is 12.6 Å². The van der Waals surface area contributed by atoms with Gasteiger partial charge in [0.2, 0.25) is 5.91 Å². The van der Waals surface area contributed by atoms with Crippen LogP contribution in [0.25, 0.3) is 0 Å². The highest BCUT2D eigenvalue weighted by Gasteiger charge is 2.26. The van der Waals surface area contributed by atoms with Gasteiger partial charge in [0, 0.05) is 39.3 Å². The van der Waals surface area contributed by atoms with Gasteiger partial charge in [-0.1, -0.05) is 12.2 Å². The Labute approximate surface area is 147 Å². The zero-order valence-corrected chi connectivity index (χ0v) is 16.0. The maximum atomic E-state index is 11.9. The quantitative estimate of drug-likeness (QED) is 0.373. The molecular formula is C18H35N5O. The normalized spacial score (nSPS) is 17.5. The Morgan fingerprint density at radius 3 is 2.46 bits per heavy atom. The van der Waals surface area contributed by atoms with E-state index >= 15 is 0 Å². The molecule has 138 valence electrons. The molecule has 1 saturated heterocycles. The molecule has 1 aliphatic heterocycles. The summed E-state index contributed by atoms with van der Waals surface area (Å²) in [6, 6.07) is 0.423. The Morgan fingerprint density at radius 2 is 1.96 bits per heavy atom. The van der Waals surface area contributed by atoms with Crippen molar-refractivity contribution in [1.82, 2.24) is 20.9 Å². The maximum Gasteiger partial charge on any atom is 0.227 e. The second-order valence-corrected chi connectivity index (χ2v) is 7.31. The van der Waals surface area contributed by atoms with Crippen molar-refractivity contribution in [3.8, 4) is 0 Å². The first-order valence-electron chi connectivity index (χ1n) is 8.92. The molecule has 0 aliphatic carbocycles. The SMILES string of the molecule is C=C(C)CN1CCC(NC(=NCC(C)(C)C(=O)NC)NCC)CC1. The molecule has 6 heteroatoms. The van der Waals surface area contributed by atoms with Gasteiger partial charge in [0.05, 0.1) is 12.0 Å². The van der Waals surface area contributed by atoms with Crippen LogP contribution < -0.4 is 16.0 Å². The summed E-state index contributed by atoms with van der Waals surface area (Å²) in [4.78, 5) is 18.9. The molecule has 3 N–H and O–H groups in total. The zero-order valence-electron chi connectivity index (χ0n) is 16.0. The van der Waals surface area contributed by atoms with Gasteiger partial charge in [0.1, 0.15) is 0 Å². The lowest BCUT2D eigenvalue weighted by Crippen LogP contribution is -2.49. The van der Waals surface area contributed by atoms with Gasteiger partial charge in [-0.2, -0.15) is 0 Å². The number of nitrogens with one attached hydrogen (secondary N) is 3. The predicted octanol–water partition coefficient (Wildman–Crippen LogP) is 1.35. The Hall–Kier alpha value is -1.56. The summed E-state index contributed by atoms with van der Waals surface area (Å²) in [6.07, 6.45) is 2.19. The average molecular weight is 338 g/mol. The molecule has 0 bridgehead atoms. The van der Waals surface area contributed by atoms with Crippen LogP contribution in [-0.2, 0) is 4.79 Å². The minimum atomic E-state index is -0.512. The lowest BCUT2D eigenvalue weighted by atomic mass is 9.93. The standard InChI is InChI=1S/C18H35N5O/c1-7-20-17(21-13-18(4,5)16(24)19-6)22-15-8-10-23(11-9-15)12-14(2)3/h15H,2,7-13H2,1,3-6H3,(H,19,24)(H2,20,21,22). The lowest BCUT2D eigenvalue weighted by Gasteiger charge is -2.33. The van der Waals surface area contributed by atoms with Crippen molar-refractivity contribution in [3.63, 3.8) is 0 Å². The Balaban J connectivity index is 2.56. The molecule has 0 unspecified atom stereocenters. The van der Waals surface area contributed by atoms with Crippen molar-refractivity contribution in [3.05, 3.63) is 12.2 Å². The summed E-state index contributed by atoms with van der Waals surface area (Å²) in [5.74, 6) is 0.808. The third-order valence-corrected chi connectivity index (χ3v) is 4.24. The fourth-order valence-corrected chi connectivity index (χ4v) is 2.82. The lowest BCUT2D eigenvalue weighted by molar-refractivity contribution is -0.128. The van der Waals surface area contributed by atoms with Crippen molar-refractivity contribution in [2.45, 2.75) is 46.6 Å². The van der Waals surface area contributed by atoms with Gasteiger partial charge in [-0.05, 0) is 40.5 Å². The van der Waals surface area contributed by atoms with Gasteiger partial charge in [0.15, 0.2) is 5.96 Å². The smallest absolute Gasteiger partial charge is 0.227 e. The van der Waals surface area contributed by atoms with Crippen LogP contribution in [0.3, 0.4) is 0 Å². The minimum Gasteiger partial charge on any atom is -0.359 e. The number of nitrogens with zero attached hydrogens (tertiary/aromatic N) is 2. The molecule has 24 heavy (non-hydrogen) atoms. The highest BCUT2D eigenvalue weighted by atomic mass is 16.2. The number of likely N-dealkylation sites (tertiary alicyclic amines) is 1. The highest BCUT2D eigenvalue weighted by molar-refractivity contribution is 5.83. The molecule has 1 aliphatic rings.